The summed E-state index contributed by atoms with van der Waals surface area (Å²) in [5.41, 5.74) is 0.264. The van der Waals surface area contributed by atoms with E-state index in [2.05, 4.69) is 25.3 Å². The average molecular weight is 321 g/mol. The van der Waals surface area contributed by atoms with E-state index in [9.17, 15) is 4.79 Å². The molecule has 0 aliphatic carbocycles. The van der Waals surface area contributed by atoms with Gasteiger partial charge in [-0.25, -0.2) is 5.10 Å². The Hall–Kier alpha value is -2.15. The number of likely N-dealkylation sites (N-methyl/N-ethyl adjacent to an activating group) is 1. The fourth-order valence-electron chi connectivity index (χ4n) is 2.83. The standard InChI is InChI=1S/C14H17ClN6O/c1-20(11-8-17-19-14(22)13(11)15)9-10-4-3-7-21(10)12-5-2-6-16-18-12/h2,5-6,8,10H,3-4,7,9H2,1H3,(H,19,22). The normalized spacial score (nSPS) is 17.7. The SMILES string of the molecule is CN(CC1CCCN1c1cccnn1)c1cn[nH]c(=O)c1Cl. The van der Waals surface area contributed by atoms with Gasteiger partial charge in [-0.15, -0.1) is 5.10 Å². The minimum Gasteiger partial charge on any atom is -0.370 e. The Morgan fingerprint density at radius 2 is 2.41 bits per heavy atom. The van der Waals surface area contributed by atoms with Gasteiger partial charge in [-0.05, 0) is 25.0 Å². The number of nitrogens with one attached hydrogen (secondary N) is 1. The molecule has 7 nitrogen and oxygen atoms in total. The third-order valence-corrected chi connectivity index (χ3v) is 4.27. The predicted molar refractivity (Wildman–Crippen MR) is 85.5 cm³/mol. The van der Waals surface area contributed by atoms with E-state index in [-0.39, 0.29) is 10.6 Å². The molecule has 22 heavy (non-hydrogen) atoms. The highest BCUT2D eigenvalue weighted by molar-refractivity contribution is 6.32. The Morgan fingerprint density at radius 3 is 3.18 bits per heavy atom. The smallest absolute Gasteiger partial charge is 0.285 e. The van der Waals surface area contributed by atoms with Crippen molar-refractivity contribution in [1.29, 1.82) is 0 Å². The van der Waals surface area contributed by atoms with Crippen molar-refractivity contribution >= 4 is 23.1 Å². The highest BCUT2D eigenvalue weighted by Gasteiger charge is 2.27. The summed E-state index contributed by atoms with van der Waals surface area (Å²) in [7, 11) is 1.91. The monoisotopic (exact) mass is 320 g/mol. The van der Waals surface area contributed by atoms with Gasteiger partial charge in [0.25, 0.3) is 5.56 Å². The molecule has 1 aliphatic rings. The maximum absolute atomic E-state index is 11.6. The van der Waals surface area contributed by atoms with E-state index >= 15 is 0 Å². The van der Waals surface area contributed by atoms with Crippen molar-refractivity contribution in [1.82, 2.24) is 20.4 Å². The molecule has 1 unspecified atom stereocenters. The minimum atomic E-state index is -0.372. The molecule has 1 atom stereocenters. The Bertz CT molecular complexity index is 691. The van der Waals surface area contributed by atoms with Crippen LogP contribution in [0.3, 0.4) is 0 Å². The summed E-state index contributed by atoms with van der Waals surface area (Å²) in [4.78, 5) is 15.8. The first kappa shape index (κ1) is 14.8. The summed E-state index contributed by atoms with van der Waals surface area (Å²) in [5, 5.41) is 14.4. The molecule has 3 rings (SSSR count). The Kier molecular flexibility index (Phi) is 4.24. The zero-order valence-electron chi connectivity index (χ0n) is 12.2. The van der Waals surface area contributed by atoms with Gasteiger partial charge >= 0.3 is 0 Å². The molecule has 0 amide bonds. The lowest BCUT2D eigenvalue weighted by Gasteiger charge is -2.30. The van der Waals surface area contributed by atoms with Crippen LogP contribution < -0.4 is 15.4 Å². The van der Waals surface area contributed by atoms with Crippen LogP contribution in [-0.2, 0) is 0 Å². The zero-order chi connectivity index (χ0) is 15.5. The first-order valence-electron chi connectivity index (χ1n) is 7.15. The van der Waals surface area contributed by atoms with E-state index in [1.165, 1.54) is 0 Å². The number of hydrogen-bond donors (Lipinski definition) is 1. The molecule has 2 aromatic rings. The quantitative estimate of drug-likeness (QED) is 0.915. The summed E-state index contributed by atoms with van der Waals surface area (Å²) in [6.07, 6.45) is 5.42. The molecule has 1 N–H and O–H groups in total. The number of halogens is 1. The van der Waals surface area contributed by atoms with Crippen molar-refractivity contribution in [2.24, 2.45) is 0 Å². The number of H-pyrrole nitrogens is 1. The van der Waals surface area contributed by atoms with Gasteiger partial charge in [0, 0.05) is 32.4 Å². The number of nitrogens with zero attached hydrogens (tertiary/aromatic N) is 5. The van der Waals surface area contributed by atoms with Crippen LogP contribution in [0.15, 0.2) is 29.3 Å². The number of hydrogen-bond acceptors (Lipinski definition) is 6. The fraction of sp³-hybridized carbons (Fsp3) is 0.429. The molecule has 1 saturated heterocycles. The molecule has 116 valence electrons. The molecule has 0 aromatic carbocycles. The van der Waals surface area contributed by atoms with Gasteiger partial charge in [0.15, 0.2) is 5.82 Å². The molecule has 1 fully saturated rings. The molecule has 8 heteroatoms. The van der Waals surface area contributed by atoms with Gasteiger partial charge in [-0.3, -0.25) is 4.79 Å². The van der Waals surface area contributed by atoms with Crippen LogP contribution in [0.5, 0.6) is 0 Å². The molecule has 0 bridgehead atoms. The third-order valence-electron chi connectivity index (χ3n) is 3.90. The van der Waals surface area contributed by atoms with Crippen molar-refractivity contribution < 1.29 is 0 Å². The van der Waals surface area contributed by atoms with Crippen molar-refractivity contribution in [2.75, 3.05) is 29.9 Å². The van der Waals surface area contributed by atoms with Crippen LogP contribution in [0, 0.1) is 0 Å². The Labute approximate surface area is 132 Å². The zero-order valence-corrected chi connectivity index (χ0v) is 13.0. The minimum absolute atomic E-state index is 0.168. The highest BCUT2D eigenvalue weighted by atomic mass is 35.5. The fourth-order valence-corrected chi connectivity index (χ4v) is 3.06. The summed E-state index contributed by atoms with van der Waals surface area (Å²) < 4.78 is 0. The van der Waals surface area contributed by atoms with Gasteiger partial charge in [-0.1, -0.05) is 11.6 Å². The van der Waals surface area contributed by atoms with E-state index in [1.807, 2.05) is 24.1 Å². The molecular formula is C14H17ClN6O. The third kappa shape index (κ3) is 2.89. The second kappa shape index (κ2) is 6.31. The van der Waals surface area contributed by atoms with Crippen molar-refractivity contribution in [2.45, 2.75) is 18.9 Å². The molecular weight excluding hydrogens is 304 g/mol. The molecule has 0 spiro atoms. The lowest BCUT2D eigenvalue weighted by molar-refractivity contribution is 0.645. The summed E-state index contributed by atoms with van der Waals surface area (Å²) in [6.45, 7) is 1.69. The van der Waals surface area contributed by atoms with Gasteiger partial charge in [0.05, 0.1) is 11.9 Å². The molecule has 0 radical (unpaired) electrons. The van der Waals surface area contributed by atoms with Crippen molar-refractivity contribution in [3.05, 3.63) is 39.9 Å². The summed E-state index contributed by atoms with van der Waals surface area (Å²) in [6, 6.07) is 4.16. The maximum Gasteiger partial charge on any atom is 0.285 e. The number of aromatic nitrogens is 4. The number of aromatic amines is 1. The maximum atomic E-state index is 11.6. The average Bonchev–Trinajstić information content (AvgIpc) is 2.99. The number of anilines is 2. The van der Waals surface area contributed by atoms with E-state index in [0.717, 1.165) is 31.7 Å². The van der Waals surface area contributed by atoms with Crippen molar-refractivity contribution in [3.63, 3.8) is 0 Å². The van der Waals surface area contributed by atoms with Gasteiger partial charge in [-0.2, -0.15) is 10.2 Å². The molecule has 3 heterocycles. The van der Waals surface area contributed by atoms with Crippen LogP contribution in [0.4, 0.5) is 11.5 Å². The first-order valence-corrected chi connectivity index (χ1v) is 7.53. The first-order chi connectivity index (χ1) is 10.7. The van der Waals surface area contributed by atoms with Gasteiger partial charge in [0.1, 0.15) is 5.02 Å². The van der Waals surface area contributed by atoms with E-state index in [0.29, 0.717) is 11.7 Å². The van der Waals surface area contributed by atoms with E-state index in [1.54, 1.807) is 12.4 Å². The van der Waals surface area contributed by atoms with Crippen LogP contribution in [-0.4, -0.2) is 46.6 Å². The predicted octanol–water partition coefficient (Wildman–Crippen LogP) is 1.32. The van der Waals surface area contributed by atoms with Gasteiger partial charge in [0.2, 0.25) is 0 Å². The summed E-state index contributed by atoms with van der Waals surface area (Å²) >= 11 is 6.07. The van der Waals surface area contributed by atoms with E-state index in [4.69, 9.17) is 11.6 Å². The Balaban J connectivity index is 1.77. The topological polar surface area (TPSA) is 78.0 Å². The lowest BCUT2D eigenvalue weighted by atomic mass is 10.2. The van der Waals surface area contributed by atoms with E-state index < -0.39 is 0 Å². The Morgan fingerprint density at radius 1 is 1.55 bits per heavy atom. The highest BCUT2D eigenvalue weighted by Crippen LogP contribution is 2.26. The molecule has 1 aliphatic heterocycles. The summed E-state index contributed by atoms with van der Waals surface area (Å²) in [5.74, 6) is 0.883. The van der Waals surface area contributed by atoms with Crippen LogP contribution in [0.25, 0.3) is 0 Å². The van der Waals surface area contributed by atoms with Crippen LogP contribution >= 0.6 is 11.6 Å². The molecule has 0 saturated carbocycles. The van der Waals surface area contributed by atoms with Crippen LogP contribution in [0.2, 0.25) is 5.02 Å². The van der Waals surface area contributed by atoms with Gasteiger partial charge < -0.3 is 9.80 Å². The number of rotatable bonds is 4. The molecule has 2 aromatic heterocycles. The second-order valence-corrected chi connectivity index (χ2v) is 5.73. The lowest BCUT2D eigenvalue weighted by Crippen LogP contribution is -2.40. The largest absolute Gasteiger partial charge is 0.370 e. The van der Waals surface area contributed by atoms with Crippen molar-refractivity contribution in [3.8, 4) is 0 Å². The second-order valence-electron chi connectivity index (χ2n) is 5.35. The van der Waals surface area contributed by atoms with Crippen LogP contribution in [0.1, 0.15) is 12.8 Å².